The van der Waals surface area contributed by atoms with Gasteiger partial charge < -0.3 is 21.3 Å². The van der Waals surface area contributed by atoms with E-state index >= 15 is 0 Å². The fourth-order valence-corrected chi connectivity index (χ4v) is 4.08. The van der Waals surface area contributed by atoms with E-state index in [1.165, 1.54) is 0 Å². The van der Waals surface area contributed by atoms with Crippen LogP contribution in [0.2, 0.25) is 0 Å². The molecule has 0 aromatic heterocycles. The third-order valence-corrected chi connectivity index (χ3v) is 6.99. The van der Waals surface area contributed by atoms with Crippen LogP contribution in [-0.2, 0) is 0 Å². The monoisotopic (exact) mass is 422 g/mol. The minimum Gasteiger partial charge on any atom is -0.338 e. The summed E-state index contributed by atoms with van der Waals surface area (Å²) in [7, 11) is 0. The highest BCUT2D eigenvalue weighted by atomic mass is 16.2. The lowest BCUT2D eigenvalue weighted by Crippen LogP contribution is -2.61. The fourth-order valence-electron chi connectivity index (χ4n) is 4.08. The van der Waals surface area contributed by atoms with Gasteiger partial charge in [-0.05, 0) is 79.8 Å². The number of anilines is 2. The lowest BCUT2D eigenvalue weighted by atomic mass is 9.58. The summed E-state index contributed by atoms with van der Waals surface area (Å²) in [5.74, 6) is 0.294. The highest BCUT2D eigenvalue weighted by Crippen LogP contribution is 2.45. The van der Waals surface area contributed by atoms with E-state index in [9.17, 15) is 9.59 Å². The van der Waals surface area contributed by atoms with Crippen LogP contribution >= 0.6 is 0 Å². The van der Waals surface area contributed by atoms with Gasteiger partial charge in [-0.25, -0.2) is 9.59 Å². The molecule has 1 aliphatic rings. The summed E-state index contributed by atoms with van der Waals surface area (Å²) in [5, 5.41) is 12.0. The summed E-state index contributed by atoms with van der Waals surface area (Å²) < 4.78 is 0. The molecule has 3 rings (SSSR count). The van der Waals surface area contributed by atoms with Crippen molar-refractivity contribution in [3.05, 3.63) is 58.7 Å². The Hall–Kier alpha value is -3.02. The molecule has 1 saturated carbocycles. The molecule has 2 aromatic rings. The number of hydrogen-bond acceptors (Lipinski definition) is 2. The molecule has 4 N–H and O–H groups in total. The van der Waals surface area contributed by atoms with Crippen molar-refractivity contribution in [1.82, 2.24) is 10.6 Å². The van der Waals surface area contributed by atoms with Crippen molar-refractivity contribution < 1.29 is 9.59 Å². The van der Waals surface area contributed by atoms with E-state index in [-0.39, 0.29) is 23.5 Å². The molecular formula is C25H34N4O2. The highest BCUT2D eigenvalue weighted by Gasteiger charge is 2.48. The Morgan fingerprint density at radius 1 is 0.871 bits per heavy atom. The van der Waals surface area contributed by atoms with Crippen LogP contribution in [-0.4, -0.2) is 24.6 Å². The maximum absolute atomic E-state index is 12.5. The van der Waals surface area contributed by atoms with Crippen molar-refractivity contribution in [3.8, 4) is 0 Å². The van der Waals surface area contributed by atoms with Crippen LogP contribution in [0.25, 0.3) is 0 Å². The smallest absolute Gasteiger partial charge is 0.319 e. The van der Waals surface area contributed by atoms with Gasteiger partial charge in [-0.3, -0.25) is 0 Å². The number of carbonyl (C=O) groups excluding carboxylic acids is 2. The minimum absolute atomic E-state index is 0.0616. The lowest BCUT2D eigenvalue weighted by molar-refractivity contribution is 0.0244. The second-order valence-electron chi connectivity index (χ2n) is 9.24. The van der Waals surface area contributed by atoms with Crippen molar-refractivity contribution in [2.75, 3.05) is 17.2 Å². The van der Waals surface area contributed by atoms with Crippen LogP contribution in [0.5, 0.6) is 0 Å². The molecule has 1 fully saturated rings. The molecule has 1 aliphatic carbocycles. The van der Waals surface area contributed by atoms with E-state index < -0.39 is 0 Å². The SMILES string of the molecule is Cc1cccc(NC(=O)NCC2CC(NC(=O)Nc3cccc(C)c3C)C2(C)C)c1C. The minimum atomic E-state index is -0.200. The molecule has 2 unspecified atom stereocenters. The fraction of sp³-hybridized carbons (Fsp3) is 0.440. The zero-order chi connectivity index (χ0) is 22.8. The summed E-state index contributed by atoms with van der Waals surface area (Å²) in [4.78, 5) is 24.9. The van der Waals surface area contributed by atoms with E-state index in [4.69, 9.17) is 0 Å². The van der Waals surface area contributed by atoms with Gasteiger partial charge >= 0.3 is 12.1 Å². The van der Waals surface area contributed by atoms with Crippen LogP contribution in [0.3, 0.4) is 0 Å². The lowest BCUT2D eigenvalue weighted by Gasteiger charge is -2.52. The van der Waals surface area contributed by atoms with Gasteiger partial charge in [0.1, 0.15) is 0 Å². The van der Waals surface area contributed by atoms with Crippen LogP contribution in [0.4, 0.5) is 21.0 Å². The van der Waals surface area contributed by atoms with E-state index in [1.54, 1.807) is 0 Å². The van der Waals surface area contributed by atoms with E-state index in [2.05, 4.69) is 35.1 Å². The molecule has 0 aliphatic heterocycles. The standard InChI is InChI=1S/C25H34N4O2/c1-15-9-7-11-20(17(15)3)27-23(30)26-14-19-13-22(25(19,5)6)29-24(31)28-21-12-8-10-16(2)18(21)4/h7-12,19,22H,13-14H2,1-6H3,(H2,26,27,30)(H2,28,29,31). The summed E-state index contributed by atoms with van der Waals surface area (Å²) in [6.07, 6.45) is 0.830. The maximum atomic E-state index is 12.5. The summed E-state index contributed by atoms with van der Waals surface area (Å²) in [5.41, 5.74) is 5.98. The molecule has 166 valence electrons. The Balaban J connectivity index is 1.48. The van der Waals surface area contributed by atoms with Gasteiger partial charge in [0.05, 0.1) is 0 Å². The quantitative estimate of drug-likeness (QED) is 0.529. The van der Waals surface area contributed by atoms with E-state index in [1.807, 2.05) is 64.1 Å². The first-order valence-electron chi connectivity index (χ1n) is 10.8. The van der Waals surface area contributed by atoms with Gasteiger partial charge in [-0.15, -0.1) is 0 Å². The number of urea groups is 2. The average Bonchev–Trinajstić information content (AvgIpc) is 2.71. The number of rotatable bonds is 5. The number of amides is 4. The molecule has 0 spiro atoms. The molecular weight excluding hydrogens is 388 g/mol. The van der Waals surface area contributed by atoms with Crippen molar-refractivity contribution in [1.29, 1.82) is 0 Å². The third-order valence-electron chi connectivity index (χ3n) is 6.99. The summed E-state index contributed by atoms with van der Waals surface area (Å²) in [6, 6.07) is 11.4. The van der Waals surface area contributed by atoms with Crippen molar-refractivity contribution in [3.63, 3.8) is 0 Å². The normalized spacial score (nSPS) is 19.2. The molecule has 0 bridgehead atoms. The van der Waals surface area contributed by atoms with Gasteiger partial charge in [0.25, 0.3) is 0 Å². The molecule has 6 heteroatoms. The summed E-state index contributed by atoms with van der Waals surface area (Å²) >= 11 is 0. The molecule has 31 heavy (non-hydrogen) atoms. The van der Waals surface area contributed by atoms with Crippen molar-refractivity contribution in [2.24, 2.45) is 11.3 Å². The van der Waals surface area contributed by atoms with Gasteiger partial charge in [0, 0.05) is 24.0 Å². The topological polar surface area (TPSA) is 82.3 Å². The molecule has 0 saturated heterocycles. The molecule has 2 aromatic carbocycles. The maximum Gasteiger partial charge on any atom is 0.319 e. The second-order valence-corrected chi connectivity index (χ2v) is 9.24. The second kappa shape index (κ2) is 9.00. The number of benzene rings is 2. The zero-order valence-corrected chi connectivity index (χ0v) is 19.3. The van der Waals surface area contributed by atoms with Crippen molar-refractivity contribution >= 4 is 23.4 Å². The average molecular weight is 423 g/mol. The van der Waals surface area contributed by atoms with Gasteiger partial charge in [0.2, 0.25) is 0 Å². The van der Waals surface area contributed by atoms with E-state index in [0.717, 1.165) is 40.0 Å². The van der Waals surface area contributed by atoms with Gasteiger partial charge in [-0.1, -0.05) is 38.1 Å². The Labute approximate surface area is 185 Å². The molecule has 4 amide bonds. The first-order valence-corrected chi connectivity index (χ1v) is 10.8. The predicted molar refractivity (Wildman–Crippen MR) is 127 cm³/mol. The largest absolute Gasteiger partial charge is 0.338 e. The van der Waals surface area contributed by atoms with Crippen molar-refractivity contribution in [2.45, 2.75) is 54.0 Å². The van der Waals surface area contributed by atoms with Gasteiger partial charge in [-0.2, -0.15) is 0 Å². The molecule has 0 radical (unpaired) electrons. The molecule has 2 atom stereocenters. The molecule has 0 heterocycles. The Bertz CT molecular complexity index is 983. The Kier molecular flexibility index (Phi) is 6.58. The van der Waals surface area contributed by atoms with Crippen LogP contribution in [0.15, 0.2) is 36.4 Å². The molecule has 6 nitrogen and oxygen atoms in total. The van der Waals surface area contributed by atoms with Crippen LogP contribution in [0, 0.1) is 39.0 Å². The number of hydrogen-bond donors (Lipinski definition) is 4. The number of nitrogens with one attached hydrogen (secondary N) is 4. The van der Waals surface area contributed by atoms with Crippen LogP contribution in [0.1, 0.15) is 42.5 Å². The van der Waals surface area contributed by atoms with Gasteiger partial charge in [0.15, 0.2) is 0 Å². The summed E-state index contributed by atoms with van der Waals surface area (Å²) in [6.45, 7) is 12.9. The predicted octanol–water partition coefficient (Wildman–Crippen LogP) is 5.28. The Morgan fingerprint density at radius 2 is 1.39 bits per heavy atom. The third kappa shape index (κ3) is 5.01. The number of aryl methyl sites for hydroxylation is 2. The first-order chi connectivity index (χ1) is 14.6. The Morgan fingerprint density at radius 3 is 1.90 bits per heavy atom. The number of carbonyl (C=O) groups is 2. The highest BCUT2D eigenvalue weighted by molar-refractivity contribution is 5.91. The first kappa shape index (κ1) is 22.7. The van der Waals surface area contributed by atoms with Crippen LogP contribution < -0.4 is 21.3 Å². The van der Waals surface area contributed by atoms with E-state index in [0.29, 0.717) is 12.5 Å². The zero-order valence-electron chi connectivity index (χ0n) is 19.3.